The Bertz CT molecular complexity index is 455. The number of nitrogens with one attached hydrogen (secondary N) is 3. The number of imidazole rings is 2. The molecule has 0 bridgehead atoms. The van der Waals surface area contributed by atoms with Crippen molar-refractivity contribution in [3.8, 4) is 0 Å². The predicted octanol–water partition coefficient (Wildman–Crippen LogP) is 0.931. The predicted molar refractivity (Wildman–Crippen MR) is 59.0 cm³/mol. The highest BCUT2D eigenvalue weighted by atomic mass is 16.1. The van der Waals surface area contributed by atoms with E-state index in [-0.39, 0.29) is 12.3 Å². The quantitative estimate of drug-likeness (QED) is 0.717. The largest absolute Gasteiger partial charge is 0.346 e. The molecule has 16 heavy (non-hydrogen) atoms. The van der Waals surface area contributed by atoms with E-state index < -0.39 is 0 Å². The number of rotatable bonds is 3. The number of aromatic nitrogens is 4. The Labute approximate surface area is 92.5 Å². The van der Waals surface area contributed by atoms with Crippen molar-refractivity contribution in [1.29, 1.82) is 0 Å². The van der Waals surface area contributed by atoms with Gasteiger partial charge in [-0.2, -0.15) is 0 Å². The second-order valence-electron chi connectivity index (χ2n) is 3.60. The van der Waals surface area contributed by atoms with Crippen LogP contribution in [-0.2, 0) is 11.2 Å². The number of carbonyl (C=O) groups is 1. The maximum atomic E-state index is 11.6. The van der Waals surface area contributed by atoms with E-state index in [0.29, 0.717) is 5.82 Å². The summed E-state index contributed by atoms with van der Waals surface area (Å²) >= 11 is 0. The second kappa shape index (κ2) is 4.18. The van der Waals surface area contributed by atoms with E-state index in [1.807, 2.05) is 13.8 Å². The normalized spacial score (nSPS) is 10.4. The number of aryl methyl sites for hydroxylation is 2. The van der Waals surface area contributed by atoms with E-state index in [1.54, 1.807) is 12.4 Å². The molecule has 0 radical (unpaired) electrons. The van der Waals surface area contributed by atoms with Crippen LogP contribution in [0.4, 0.5) is 5.82 Å². The van der Waals surface area contributed by atoms with Crippen LogP contribution in [-0.4, -0.2) is 25.8 Å². The molecule has 0 spiro atoms. The standard InChI is InChI=1S/C10H13N5O/c1-6-11-4-8(13-6)3-10(16)15-9-5-12-7(2)14-9/h4-5H,3H2,1-2H3,(H,11,13)(H,12,14)(H,15,16). The van der Waals surface area contributed by atoms with Crippen molar-refractivity contribution in [3.63, 3.8) is 0 Å². The SMILES string of the molecule is Cc1ncc(CC(=O)Nc2cnc(C)[nH]2)[nH]1. The van der Waals surface area contributed by atoms with Crippen LogP contribution in [0.2, 0.25) is 0 Å². The van der Waals surface area contributed by atoms with E-state index in [1.165, 1.54) is 0 Å². The van der Waals surface area contributed by atoms with Crippen LogP contribution in [0.15, 0.2) is 12.4 Å². The average molecular weight is 219 g/mol. The molecule has 2 rings (SSSR count). The van der Waals surface area contributed by atoms with Crippen molar-refractivity contribution >= 4 is 11.7 Å². The summed E-state index contributed by atoms with van der Waals surface area (Å²) in [6, 6.07) is 0. The van der Waals surface area contributed by atoms with Gasteiger partial charge in [-0.05, 0) is 13.8 Å². The molecule has 2 heterocycles. The Balaban J connectivity index is 1.94. The second-order valence-corrected chi connectivity index (χ2v) is 3.60. The summed E-state index contributed by atoms with van der Waals surface area (Å²) in [5, 5.41) is 2.72. The van der Waals surface area contributed by atoms with Crippen LogP contribution in [0, 0.1) is 13.8 Å². The van der Waals surface area contributed by atoms with Gasteiger partial charge in [0.1, 0.15) is 17.5 Å². The zero-order valence-electron chi connectivity index (χ0n) is 9.16. The number of carbonyl (C=O) groups excluding carboxylic acids is 1. The highest BCUT2D eigenvalue weighted by Crippen LogP contribution is 2.04. The van der Waals surface area contributed by atoms with Crippen molar-refractivity contribution in [1.82, 2.24) is 19.9 Å². The van der Waals surface area contributed by atoms with Gasteiger partial charge in [-0.3, -0.25) is 4.79 Å². The molecule has 0 unspecified atom stereocenters. The van der Waals surface area contributed by atoms with E-state index in [4.69, 9.17) is 0 Å². The first-order chi connectivity index (χ1) is 7.63. The molecular weight excluding hydrogens is 206 g/mol. The fraction of sp³-hybridized carbons (Fsp3) is 0.300. The van der Waals surface area contributed by atoms with Gasteiger partial charge in [0.2, 0.25) is 5.91 Å². The summed E-state index contributed by atoms with van der Waals surface area (Å²) in [4.78, 5) is 25.5. The molecule has 0 aromatic carbocycles. The summed E-state index contributed by atoms with van der Waals surface area (Å²) in [5.41, 5.74) is 0.797. The Morgan fingerprint density at radius 3 is 2.50 bits per heavy atom. The first-order valence-electron chi connectivity index (χ1n) is 4.95. The fourth-order valence-corrected chi connectivity index (χ4v) is 1.41. The van der Waals surface area contributed by atoms with Crippen LogP contribution >= 0.6 is 0 Å². The van der Waals surface area contributed by atoms with Gasteiger partial charge in [0.05, 0.1) is 12.6 Å². The lowest BCUT2D eigenvalue weighted by molar-refractivity contribution is -0.115. The van der Waals surface area contributed by atoms with Gasteiger partial charge in [-0.1, -0.05) is 0 Å². The molecule has 84 valence electrons. The molecular formula is C10H13N5O. The Hall–Kier alpha value is -2.11. The minimum Gasteiger partial charge on any atom is -0.346 e. The molecule has 0 aliphatic rings. The summed E-state index contributed by atoms with van der Waals surface area (Å²) < 4.78 is 0. The van der Waals surface area contributed by atoms with Gasteiger partial charge >= 0.3 is 0 Å². The van der Waals surface area contributed by atoms with Gasteiger partial charge in [0.25, 0.3) is 0 Å². The minimum atomic E-state index is -0.104. The monoisotopic (exact) mass is 219 g/mol. The van der Waals surface area contributed by atoms with Crippen molar-refractivity contribution < 1.29 is 4.79 Å². The maximum absolute atomic E-state index is 11.6. The van der Waals surface area contributed by atoms with Crippen LogP contribution < -0.4 is 5.32 Å². The fourth-order valence-electron chi connectivity index (χ4n) is 1.41. The molecule has 6 nitrogen and oxygen atoms in total. The van der Waals surface area contributed by atoms with Crippen LogP contribution in [0.5, 0.6) is 0 Å². The van der Waals surface area contributed by atoms with Gasteiger partial charge in [-0.15, -0.1) is 0 Å². The molecule has 1 amide bonds. The molecule has 0 atom stereocenters. The van der Waals surface area contributed by atoms with Gasteiger partial charge in [-0.25, -0.2) is 9.97 Å². The Morgan fingerprint density at radius 2 is 1.94 bits per heavy atom. The van der Waals surface area contributed by atoms with Crippen LogP contribution in [0.25, 0.3) is 0 Å². The number of hydrogen-bond acceptors (Lipinski definition) is 3. The lowest BCUT2D eigenvalue weighted by atomic mass is 10.3. The zero-order valence-corrected chi connectivity index (χ0v) is 9.16. The highest BCUT2D eigenvalue weighted by Gasteiger charge is 2.06. The van der Waals surface area contributed by atoms with Gasteiger partial charge in [0, 0.05) is 11.9 Å². The zero-order chi connectivity index (χ0) is 11.5. The number of nitrogens with zero attached hydrogens (tertiary/aromatic N) is 2. The summed E-state index contributed by atoms with van der Waals surface area (Å²) in [6.07, 6.45) is 3.53. The number of amides is 1. The van der Waals surface area contributed by atoms with Crippen molar-refractivity contribution in [2.24, 2.45) is 0 Å². The topological polar surface area (TPSA) is 86.5 Å². The highest BCUT2D eigenvalue weighted by molar-refractivity contribution is 5.90. The molecule has 2 aromatic heterocycles. The summed E-state index contributed by atoms with van der Waals surface area (Å²) in [6.45, 7) is 3.67. The Morgan fingerprint density at radius 1 is 1.25 bits per heavy atom. The van der Waals surface area contributed by atoms with E-state index >= 15 is 0 Å². The molecule has 0 aliphatic carbocycles. The first kappa shape index (κ1) is 10.4. The van der Waals surface area contributed by atoms with Crippen LogP contribution in [0.1, 0.15) is 17.3 Å². The van der Waals surface area contributed by atoms with E-state index in [0.717, 1.165) is 17.3 Å². The number of H-pyrrole nitrogens is 2. The van der Waals surface area contributed by atoms with Gasteiger partial charge in [0.15, 0.2) is 0 Å². The molecule has 0 aliphatic heterocycles. The van der Waals surface area contributed by atoms with E-state index in [9.17, 15) is 4.79 Å². The molecule has 0 saturated carbocycles. The molecule has 0 fully saturated rings. The smallest absolute Gasteiger partial charge is 0.231 e. The van der Waals surface area contributed by atoms with E-state index in [2.05, 4.69) is 25.3 Å². The molecule has 6 heteroatoms. The Kier molecular flexibility index (Phi) is 2.72. The van der Waals surface area contributed by atoms with Gasteiger partial charge < -0.3 is 15.3 Å². The molecule has 0 saturated heterocycles. The van der Waals surface area contributed by atoms with Crippen LogP contribution in [0.3, 0.4) is 0 Å². The molecule has 2 aromatic rings. The lowest BCUT2D eigenvalue weighted by Crippen LogP contribution is -2.14. The third-order valence-corrected chi connectivity index (χ3v) is 2.08. The van der Waals surface area contributed by atoms with Crippen molar-refractivity contribution in [3.05, 3.63) is 29.7 Å². The average Bonchev–Trinajstić information content (AvgIpc) is 2.76. The first-order valence-corrected chi connectivity index (χ1v) is 4.95. The van der Waals surface area contributed by atoms with Crippen molar-refractivity contribution in [2.75, 3.05) is 5.32 Å². The third kappa shape index (κ3) is 2.47. The maximum Gasteiger partial charge on any atom is 0.231 e. The summed E-state index contributed by atoms with van der Waals surface area (Å²) in [5.74, 6) is 2.08. The number of anilines is 1. The third-order valence-electron chi connectivity index (χ3n) is 2.08. The number of aromatic amines is 2. The number of hydrogen-bond donors (Lipinski definition) is 3. The molecule has 3 N–H and O–H groups in total. The minimum absolute atomic E-state index is 0.104. The lowest BCUT2D eigenvalue weighted by Gasteiger charge is -2.00. The van der Waals surface area contributed by atoms with Crippen molar-refractivity contribution in [2.45, 2.75) is 20.3 Å². The summed E-state index contributed by atoms with van der Waals surface area (Å²) in [7, 11) is 0.